The second-order valence-corrected chi connectivity index (χ2v) is 5.21. The van der Waals surface area contributed by atoms with Crippen LogP contribution in [-0.2, 0) is 4.79 Å². The van der Waals surface area contributed by atoms with Crippen molar-refractivity contribution in [2.75, 3.05) is 11.9 Å². The first-order chi connectivity index (χ1) is 10.5. The first-order valence-electron chi connectivity index (χ1n) is 6.24. The Kier molecular flexibility index (Phi) is 5.35. The number of rotatable bonds is 4. The van der Waals surface area contributed by atoms with Gasteiger partial charge in [0.25, 0.3) is 5.91 Å². The minimum absolute atomic E-state index is 0.133. The molecule has 0 spiro atoms. The average molecular weight is 341 g/mol. The van der Waals surface area contributed by atoms with E-state index in [-0.39, 0.29) is 12.1 Å². The molecule has 114 valence electrons. The molecular weight excluding hydrogens is 330 g/mol. The largest absolute Gasteiger partial charge is 0.343 e. The Labute approximate surface area is 136 Å². The predicted molar refractivity (Wildman–Crippen MR) is 83.8 cm³/mol. The molecule has 2 N–H and O–H groups in total. The van der Waals surface area contributed by atoms with E-state index < -0.39 is 17.6 Å². The van der Waals surface area contributed by atoms with Crippen LogP contribution in [-0.4, -0.2) is 18.4 Å². The Morgan fingerprint density at radius 2 is 1.86 bits per heavy atom. The Balaban J connectivity index is 1.93. The molecule has 0 aliphatic rings. The summed E-state index contributed by atoms with van der Waals surface area (Å²) in [4.78, 5) is 23.5. The molecule has 2 aromatic rings. The fourth-order valence-electron chi connectivity index (χ4n) is 1.68. The van der Waals surface area contributed by atoms with Crippen LogP contribution in [0.25, 0.3) is 0 Å². The molecule has 2 rings (SSSR count). The van der Waals surface area contributed by atoms with Gasteiger partial charge in [-0.1, -0.05) is 29.3 Å². The maximum absolute atomic E-state index is 13.0. The predicted octanol–water partition coefficient (Wildman–Crippen LogP) is 3.50. The molecule has 2 aromatic carbocycles. The van der Waals surface area contributed by atoms with Gasteiger partial charge in [-0.3, -0.25) is 9.59 Å². The highest BCUT2D eigenvalue weighted by atomic mass is 35.5. The van der Waals surface area contributed by atoms with Crippen molar-refractivity contribution in [1.29, 1.82) is 0 Å². The van der Waals surface area contributed by atoms with Crippen LogP contribution in [0.3, 0.4) is 0 Å². The van der Waals surface area contributed by atoms with E-state index in [1.54, 1.807) is 12.1 Å². The number of carbonyl (C=O) groups is 2. The van der Waals surface area contributed by atoms with Gasteiger partial charge in [0.2, 0.25) is 5.91 Å². The average Bonchev–Trinajstić information content (AvgIpc) is 2.48. The highest BCUT2D eigenvalue weighted by molar-refractivity contribution is 6.35. The lowest BCUT2D eigenvalue weighted by Gasteiger charge is -2.09. The van der Waals surface area contributed by atoms with Crippen molar-refractivity contribution < 1.29 is 14.0 Å². The van der Waals surface area contributed by atoms with E-state index in [9.17, 15) is 14.0 Å². The van der Waals surface area contributed by atoms with Crippen molar-refractivity contribution in [3.63, 3.8) is 0 Å². The normalized spacial score (nSPS) is 10.1. The summed E-state index contributed by atoms with van der Waals surface area (Å²) in [5, 5.41) is 5.66. The SMILES string of the molecule is O=C(CNC(=O)c1cccc(F)c1)Nc1cc(Cl)ccc1Cl. The Hall–Kier alpha value is -2.11. The van der Waals surface area contributed by atoms with Gasteiger partial charge in [-0.05, 0) is 36.4 Å². The van der Waals surface area contributed by atoms with Gasteiger partial charge in [-0.25, -0.2) is 4.39 Å². The summed E-state index contributed by atoms with van der Waals surface area (Å²) in [6, 6.07) is 9.80. The van der Waals surface area contributed by atoms with Crippen LogP contribution in [0.2, 0.25) is 10.0 Å². The summed E-state index contributed by atoms with van der Waals surface area (Å²) in [5.74, 6) is -1.55. The third-order valence-corrected chi connectivity index (χ3v) is 3.26. The molecule has 0 radical (unpaired) electrons. The summed E-state index contributed by atoms with van der Waals surface area (Å²) in [6.07, 6.45) is 0. The van der Waals surface area contributed by atoms with E-state index >= 15 is 0 Å². The van der Waals surface area contributed by atoms with Gasteiger partial charge < -0.3 is 10.6 Å². The number of benzene rings is 2. The molecule has 0 saturated heterocycles. The third kappa shape index (κ3) is 4.44. The fraction of sp³-hybridized carbons (Fsp3) is 0.0667. The molecular formula is C15H11Cl2FN2O2. The van der Waals surface area contributed by atoms with Gasteiger partial charge in [0, 0.05) is 10.6 Å². The van der Waals surface area contributed by atoms with Crippen LogP contribution in [0.5, 0.6) is 0 Å². The van der Waals surface area contributed by atoms with Gasteiger partial charge in [0.1, 0.15) is 5.82 Å². The number of anilines is 1. The summed E-state index contributed by atoms with van der Waals surface area (Å²) in [7, 11) is 0. The standard InChI is InChI=1S/C15H11Cl2FN2O2/c16-10-4-5-12(17)13(7-10)20-14(21)8-19-15(22)9-2-1-3-11(18)6-9/h1-7H,8H2,(H,19,22)(H,20,21). The smallest absolute Gasteiger partial charge is 0.251 e. The van der Waals surface area contributed by atoms with Crippen LogP contribution in [0, 0.1) is 5.82 Å². The summed E-state index contributed by atoms with van der Waals surface area (Å²) in [6.45, 7) is -0.280. The second kappa shape index (κ2) is 7.24. The number of nitrogens with one attached hydrogen (secondary N) is 2. The van der Waals surface area contributed by atoms with Crippen molar-refractivity contribution in [3.8, 4) is 0 Å². The van der Waals surface area contributed by atoms with Crippen LogP contribution in [0.4, 0.5) is 10.1 Å². The lowest BCUT2D eigenvalue weighted by Crippen LogP contribution is -2.32. The van der Waals surface area contributed by atoms with E-state index in [1.807, 2.05) is 0 Å². The number of amides is 2. The van der Waals surface area contributed by atoms with Crippen LogP contribution in [0.1, 0.15) is 10.4 Å². The molecule has 22 heavy (non-hydrogen) atoms. The zero-order valence-electron chi connectivity index (χ0n) is 11.2. The number of halogens is 3. The summed E-state index contributed by atoms with van der Waals surface area (Å²) in [5.41, 5.74) is 0.479. The van der Waals surface area contributed by atoms with Crippen LogP contribution >= 0.6 is 23.2 Å². The van der Waals surface area contributed by atoms with E-state index in [0.29, 0.717) is 15.7 Å². The molecule has 0 saturated carbocycles. The lowest BCUT2D eigenvalue weighted by molar-refractivity contribution is -0.115. The van der Waals surface area contributed by atoms with E-state index in [0.717, 1.165) is 6.07 Å². The van der Waals surface area contributed by atoms with Gasteiger partial charge in [-0.15, -0.1) is 0 Å². The Morgan fingerprint density at radius 3 is 2.59 bits per heavy atom. The van der Waals surface area contributed by atoms with Crippen LogP contribution < -0.4 is 10.6 Å². The van der Waals surface area contributed by atoms with Crippen molar-refractivity contribution in [2.45, 2.75) is 0 Å². The third-order valence-electron chi connectivity index (χ3n) is 2.70. The molecule has 2 amide bonds. The van der Waals surface area contributed by atoms with Crippen molar-refractivity contribution in [1.82, 2.24) is 5.32 Å². The second-order valence-electron chi connectivity index (χ2n) is 4.37. The van der Waals surface area contributed by atoms with E-state index in [1.165, 1.54) is 24.3 Å². The van der Waals surface area contributed by atoms with Gasteiger partial charge in [0.15, 0.2) is 0 Å². The lowest BCUT2D eigenvalue weighted by atomic mass is 10.2. The molecule has 0 unspecified atom stereocenters. The first kappa shape index (κ1) is 16.3. The van der Waals surface area contributed by atoms with E-state index in [2.05, 4.69) is 10.6 Å². The molecule has 0 aliphatic carbocycles. The molecule has 0 heterocycles. The topological polar surface area (TPSA) is 58.2 Å². The quantitative estimate of drug-likeness (QED) is 0.894. The maximum Gasteiger partial charge on any atom is 0.251 e. The minimum Gasteiger partial charge on any atom is -0.343 e. The monoisotopic (exact) mass is 340 g/mol. The molecule has 0 atom stereocenters. The zero-order valence-corrected chi connectivity index (χ0v) is 12.7. The van der Waals surface area contributed by atoms with E-state index in [4.69, 9.17) is 23.2 Å². The highest BCUT2D eigenvalue weighted by Crippen LogP contribution is 2.25. The van der Waals surface area contributed by atoms with Gasteiger partial charge in [-0.2, -0.15) is 0 Å². The Morgan fingerprint density at radius 1 is 1.09 bits per heavy atom. The molecule has 0 fully saturated rings. The fourth-order valence-corrected chi connectivity index (χ4v) is 2.02. The van der Waals surface area contributed by atoms with Gasteiger partial charge in [0.05, 0.1) is 17.3 Å². The molecule has 0 bridgehead atoms. The van der Waals surface area contributed by atoms with Crippen molar-refractivity contribution >= 4 is 40.7 Å². The molecule has 4 nitrogen and oxygen atoms in total. The Bertz CT molecular complexity index is 722. The van der Waals surface area contributed by atoms with Gasteiger partial charge >= 0.3 is 0 Å². The highest BCUT2D eigenvalue weighted by Gasteiger charge is 2.10. The summed E-state index contributed by atoms with van der Waals surface area (Å²) >= 11 is 11.7. The van der Waals surface area contributed by atoms with Crippen molar-refractivity contribution in [3.05, 3.63) is 63.9 Å². The molecule has 0 aromatic heterocycles. The number of hydrogen-bond donors (Lipinski definition) is 2. The number of hydrogen-bond acceptors (Lipinski definition) is 2. The first-order valence-corrected chi connectivity index (χ1v) is 7.00. The van der Waals surface area contributed by atoms with Crippen LogP contribution in [0.15, 0.2) is 42.5 Å². The molecule has 7 heteroatoms. The maximum atomic E-state index is 13.0. The zero-order chi connectivity index (χ0) is 16.1. The summed E-state index contributed by atoms with van der Waals surface area (Å²) < 4.78 is 13.0. The molecule has 0 aliphatic heterocycles. The number of carbonyl (C=O) groups excluding carboxylic acids is 2. The van der Waals surface area contributed by atoms with Crippen molar-refractivity contribution in [2.24, 2.45) is 0 Å². The minimum atomic E-state index is -0.549.